The summed E-state index contributed by atoms with van der Waals surface area (Å²) in [6.45, 7) is 45.8. The lowest BCUT2D eigenvalue weighted by atomic mass is 9.87. The molecule has 0 aliphatic carbocycles. The molecule has 0 aromatic heterocycles. The molecular weight excluding hydrogens is 949 g/mol. The second-order valence-electron chi connectivity index (χ2n) is 23.5. The second kappa shape index (κ2) is 23.9. The van der Waals surface area contributed by atoms with Crippen LogP contribution in [0, 0.1) is 0 Å². The van der Waals surface area contributed by atoms with E-state index >= 15 is 0 Å². The van der Waals surface area contributed by atoms with Crippen LogP contribution in [-0.4, -0.2) is 106 Å². The van der Waals surface area contributed by atoms with Gasteiger partial charge in [-0.15, -0.1) is 0 Å². The molecule has 1 aromatic rings. The Balaban J connectivity index is 2.11. The van der Waals surface area contributed by atoms with E-state index in [4.69, 9.17) is 31.9 Å². The summed E-state index contributed by atoms with van der Waals surface area (Å²) < 4.78 is 50.8. The number of aliphatic hydroxyl groups is 1. The van der Waals surface area contributed by atoms with Gasteiger partial charge >= 0.3 is 5.97 Å². The molecule has 2 heterocycles. The number of carbonyl (C=O) groups is 1. The van der Waals surface area contributed by atoms with E-state index in [9.17, 15) is 9.90 Å². The number of fused-ring (bicyclic) bond motifs is 1. The number of benzene rings is 1. The topological polar surface area (TPSA) is 102 Å². The number of hydrogen-bond donors (Lipinski definition) is 1. The van der Waals surface area contributed by atoms with E-state index in [0.29, 0.717) is 31.4 Å². The number of halogens is 1. The van der Waals surface area contributed by atoms with Crippen LogP contribution in [0.5, 0.6) is 0 Å². The Kier molecular flexibility index (Phi) is 21.5. The van der Waals surface area contributed by atoms with Gasteiger partial charge in [-0.25, -0.2) is 4.79 Å². The fourth-order valence-electron chi connectivity index (χ4n) is 7.89. The molecule has 0 amide bonds. The molecule has 0 spiro atoms. The van der Waals surface area contributed by atoms with E-state index in [-0.39, 0.29) is 33.4 Å². The zero-order valence-electron chi connectivity index (χ0n) is 44.1. The van der Waals surface area contributed by atoms with E-state index in [0.717, 1.165) is 41.9 Å². The molecule has 1 N–H and O–H groups in total. The van der Waals surface area contributed by atoms with Gasteiger partial charge in [0.05, 0.1) is 30.0 Å². The monoisotopic (exact) mass is 1040 g/mol. The van der Waals surface area contributed by atoms with Crippen molar-refractivity contribution in [1.29, 1.82) is 0 Å². The van der Waals surface area contributed by atoms with Gasteiger partial charge < -0.3 is 37.0 Å². The largest absolute Gasteiger partial charge is 0.458 e. The Bertz CT molecular complexity index is 1660. The van der Waals surface area contributed by atoms with Gasteiger partial charge in [0.15, 0.2) is 33.3 Å². The Morgan fingerprint density at radius 2 is 1.34 bits per heavy atom. The number of hydrogen-bond acceptors (Lipinski definition) is 9. The van der Waals surface area contributed by atoms with Crippen LogP contribution >= 0.6 is 15.9 Å². The molecule has 0 radical (unpaired) electrons. The van der Waals surface area contributed by atoms with Gasteiger partial charge in [-0.2, -0.15) is 0 Å². The van der Waals surface area contributed by atoms with Crippen LogP contribution in [-0.2, 0) is 31.9 Å². The summed E-state index contributed by atoms with van der Waals surface area (Å²) in [4.78, 5) is 13.1. The first-order chi connectivity index (χ1) is 29.8. The highest BCUT2D eigenvalue weighted by Gasteiger charge is 2.58. The molecule has 374 valence electrons. The molecule has 2 saturated heterocycles. The minimum atomic E-state index is -2.47. The third kappa shape index (κ3) is 16.4. The quantitative estimate of drug-likeness (QED) is 0.0652. The molecule has 65 heavy (non-hydrogen) atoms. The average Bonchev–Trinajstić information content (AvgIpc) is 3.19. The molecule has 2 aliphatic rings. The summed E-state index contributed by atoms with van der Waals surface area (Å²) in [5, 5.41) is 11.4. The Labute approximate surface area is 409 Å². The molecule has 9 nitrogen and oxygen atoms in total. The summed E-state index contributed by atoms with van der Waals surface area (Å²) >= 11 is 3.47. The molecule has 3 rings (SSSR count). The van der Waals surface area contributed by atoms with Crippen LogP contribution in [0.2, 0.25) is 72.5 Å². The van der Waals surface area contributed by atoms with Crippen LogP contribution < -0.4 is 0 Å². The summed E-state index contributed by atoms with van der Waals surface area (Å²) in [6.07, 6.45) is 3.79. The summed E-state index contributed by atoms with van der Waals surface area (Å²) in [7, 11) is -9.09. The highest BCUT2D eigenvalue weighted by Crippen LogP contribution is 2.47. The zero-order chi connectivity index (χ0) is 49.4. The van der Waals surface area contributed by atoms with Crippen molar-refractivity contribution in [1.82, 2.24) is 0 Å². The lowest BCUT2D eigenvalue weighted by Crippen LogP contribution is -2.69. The molecule has 2 aliphatic heterocycles. The molecule has 14 heteroatoms. The lowest BCUT2D eigenvalue weighted by Gasteiger charge is -2.56. The van der Waals surface area contributed by atoms with Crippen molar-refractivity contribution in [3.8, 4) is 0 Å². The van der Waals surface area contributed by atoms with E-state index in [1.54, 1.807) is 12.1 Å². The number of aliphatic hydroxyl groups excluding tert-OH is 1. The van der Waals surface area contributed by atoms with Gasteiger partial charge in [0, 0.05) is 13.0 Å². The Morgan fingerprint density at radius 1 is 0.800 bits per heavy atom. The maximum atomic E-state index is 13.1. The number of ether oxygens (including phenoxy) is 3. The van der Waals surface area contributed by atoms with Crippen LogP contribution in [0.25, 0.3) is 0 Å². The summed E-state index contributed by atoms with van der Waals surface area (Å²) in [5.74, 6) is -0.397. The van der Waals surface area contributed by atoms with Crippen molar-refractivity contribution in [2.75, 3.05) is 6.61 Å². The van der Waals surface area contributed by atoms with E-state index < -0.39 is 75.9 Å². The third-order valence-electron chi connectivity index (χ3n) is 15.6. The Morgan fingerprint density at radius 3 is 1.85 bits per heavy atom. The van der Waals surface area contributed by atoms with Crippen LogP contribution in [0.4, 0.5) is 0 Å². The van der Waals surface area contributed by atoms with Crippen LogP contribution in [0.3, 0.4) is 0 Å². The number of rotatable bonds is 23. The van der Waals surface area contributed by atoms with E-state index in [2.05, 4.69) is 145 Å². The first-order valence-corrected chi connectivity index (χ1v) is 36.8. The van der Waals surface area contributed by atoms with Crippen molar-refractivity contribution < 1.29 is 41.8 Å². The van der Waals surface area contributed by atoms with Crippen molar-refractivity contribution in [3.05, 3.63) is 59.1 Å². The highest BCUT2D eigenvalue weighted by atomic mass is 79.9. The van der Waals surface area contributed by atoms with Crippen molar-refractivity contribution in [2.45, 2.75) is 249 Å². The third-order valence-corrected chi connectivity index (χ3v) is 34.1. The highest BCUT2D eigenvalue weighted by molar-refractivity contribution is 9.11. The molecule has 1 aromatic carbocycles. The Hall–Kier alpha value is -0.762. The molecule has 9 atom stereocenters. The summed E-state index contributed by atoms with van der Waals surface area (Å²) in [5.41, 5.74) is 0.486. The van der Waals surface area contributed by atoms with Gasteiger partial charge in [-0.1, -0.05) is 136 Å². The molecule has 2 unspecified atom stereocenters. The smallest absolute Gasteiger partial charge is 0.338 e. The fourth-order valence-corrected chi connectivity index (χ4v) is 14.8. The van der Waals surface area contributed by atoms with Crippen molar-refractivity contribution >= 4 is 55.2 Å². The van der Waals surface area contributed by atoms with Crippen molar-refractivity contribution in [3.63, 3.8) is 0 Å². The summed E-state index contributed by atoms with van der Waals surface area (Å²) in [6, 6.07) is 12.4. The van der Waals surface area contributed by atoms with Gasteiger partial charge in [-0.05, 0) is 121 Å². The van der Waals surface area contributed by atoms with E-state index in [1.165, 1.54) is 0 Å². The first-order valence-electron chi connectivity index (χ1n) is 24.8. The van der Waals surface area contributed by atoms with E-state index in [1.807, 2.05) is 30.4 Å². The molecule has 2 fully saturated rings. The normalized spacial score (nSPS) is 24.4. The maximum absolute atomic E-state index is 13.1. The molecule has 0 bridgehead atoms. The van der Waals surface area contributed by atoms with Gasteiger partial charge in [0.25, 0.3) is 0 Å². The molecular formula is C51H93BrO9Si4. The fraction of sp³-hybridized carbons (Fsp3) is 0.784. The second-order valence-corrected chi connectivity index (χ2v) is 43.7. The van der Waals surface area contributed by atoms with Gasteiger partial charge in [0.2, 0.25) is 0 Å². The van der Waals surface area contributed by atoms with Crippen molar-refractivity contribution in [2.24, 2.45) is 0 Å². The van der Waals surface area contributed by atoms with Gasteiger partial charge in [-0.3, -0.25) is 0 Å². The minimum Gasteiger partial charge on any atom is -0.458 e. The minimum absolute atomic E-state index is 0.0273. The average molecular weight is 1040 g/mol. The zero-order valence-corrected chi connectivity index (χ0v) is 49.7. The maximum Gasteiger partial charge on any atom is 0.338 e. The van der Waals surface area contributed by atoms with Gasteiger partial charge in [0.1, 0.15) is 30.5 Å². The number of carbonyl (C=O) groups excluding carboxylic acids is 1. The SMILES string of the molecule is C=C(Br)C[C@@H](CCC(O)/C=C/[C@H](O[Si](C)(C)C(C)(C)C)C1O[C@H]2CC[C@H](CCO[Si](CC)(CC)CC)O[C@@H]2[C@H](O[Si](C)(C)C(C)(C)C)[C@@H]1O[Si](C)(C)C(C)(C)C)OC(=O)c1ccccc1. The first kappa shape index (κ1) is 58.6. The van der Waals surface area contributed by atoms with Crippen LogP contribution in [0.1, 0.15) is 132 Å². The predicted molar refractivity (Wildman–Crippen MR) is 283 cm³/mol. The predicted octanol–water partition coefficient (Wildman–Crippen LogP) is 14.1. The number of esters is 1. The van der Waals surface area contributed by atoms with Crippen LogP contribution in [0.15, 0.2) is 53.5 Å². The molecule has 0 saturated carbocycles. The lowest BCUT2D eigenvalue weighted by molar-refractivity contribution is -0.267. The standard InChI is InChI=1S/C51H93BrO9Si4/c1-20-65(21-2,22-3)55-35-34-40-31-33-42-44(56-40)46(60-63(16,17)50(8,9)10)47(61-64(18,19)51(11,12)13)45(58-42)43(59-62(14,15)49(5,6)7)32-29-39(53)28-30-41(36-37(4)52)57-48(54)38-26-24-23-25-27-38/h23-27,29,32,39-47,53H,4,20-22,28,30-31,33-36H2,1-3,5-19H3/b32-29+/t39?,40-,41-,42+,43+,44+,45?,46+,47-/m1/s1.